The second-order valence-electron chi connectivity index (χ2n) is 5.88. The van der Waals surface area contributed by atoms with Crippen molar-refractivity contribution in [1.29, 1.82) is 0 Å². The molecule has 0 amide bonds. The van der Waals surface area contributed by atoms with Crippen LogP contribution in [0.25, 0.3) is 0 Å². The standard InChI is InChI=1S/C17H25NO2S/c1-13(15-6-8-16(21-2)9-7-15)18-11-3-4-14(12-18)5-10-17(19)20/h6-9,13-14H,3-5,10-12H2,1-2H3,(H,19,20). The molecule has 3 nitrogen and oxygen atoms in total. The average Bonchev–Trinajstić information content (AvgIpc) is 2.52. The van der Waals surface area contributed by atoms with Gasteiger partial charge in [0, 0.05) is 23.9 Å². The Labute approximate surface area is 131 Å². The van der Waals surface area contributed by atoms with Crippen LogP contribution in [0.1, 0.15) is 44.2 Å². The third-order valence-corrected chi connectivity index (χ3v) is 5.21. The number of thioether (sulfide) groups is 1. The van der Waals surface area contributed by atoms with E-state index in [1.807, 2.05) is 0 Å². The van der Waals surface area contributed by atoms with E-state index in [0.717, 1.165) is 19.5 Å². The van der Waals surface area contributed by atoms with E-state index in [0.29, 0.717) is 18.4 Å². The zero-order valence-corrected chi connectivity index (χ0v) is 13.7. The highest BCUT2D eigenvalue weighted by molar-refractivity contribution is 7.98. The Hall–Kier alpha value is -1.00. The van der Waals surface area contributed by atoms with Gasteiger partial charge in [0.05, 0.1) is 0 Å². The molecule has 0 aromatic heterocycles. The van der Waals surface area contributed by atoms with E-state index in [9.17, 15) is 4.79 Å². The first-order valence-corrected chi connectivity index (χ1v) is 8.92. The van der Waals surface area contributed by atoms with Gasteiger partial charge in [0.2, 0.25) is 0 Å². The Morgan fingerprint density at radius 3 is 2.76 bits per heavy atom. The number of aliphatic carboxylic acids is 1. The molecular formula is C17H25NO2S. The van der Waals surface area contributed by atoms with Crippen LogP contribution in [0.5, 0.6) is 0 Å². The molecule has 4 heteroatoms. The highest BCUT2D eigenvalue weighted by Crippen LogP contribution is 2.29. The first-order valence-electron chi connectivity index (χ1n) is 7.70. The SMILES string of the molecule is CSc1ccc(C(C)N2CCCC(CCC(=O)O)C2)cc1. The Bertz CT molecular complexity index is 460. The average molecular weight is 307 g/mol. The zero-order chi connectivity index (χ0) is 15.2. The van der Waals surface area contributed by atoms with Gasteiger partial charge in [-0.1, -0.05) is 12.1 Å². The summed E-state index contributed by atoms with van der Waals surface area (Å²) in [6.45, 7) is 4.40. The molecule has 2 rings (SSSR count). The molecule has 1 N–H and O–H groups in total. The number of hydrogen-bond donors (Lipinski definition) is 1. The van der Waals surface area contributed by atoms with Gasteiger partial charge >= 0.3 is 5.97 Å². The van der Waals surface area contributed by atoms with Crippen LogP contribution >= 0.6 is 11.8 Å². The summed E-state index contributed by atoms with van der Waals surface area (Å²) in [5, 5.41) is 8.83. The fourth-order valence-corrected chi connectivity index (χ4v) is 3.51. The van der Waals surface area contributed by atoms with Crippen LogP contribution in [0, 0.1) is 5.92 Å². The topological polar surface area (TPSA) is 40.5 Å². The first kappa shape index (κ1) is 16.4. The number of piperidine rings is 1. The molecule has 1 aliphatic heterocycles. The van der Waals surface area contributed by atoms with Gasteiger partial charge in [0.25, 0.3) is 0 Å². The molecule has 2 unspecified atom stereocenters. The maximum absolute atomic E-state index is 10.7. The van der Waals surface area contributed by atoms with E-state index < -0.39 is 5.97 Å². The lowest BCUT2D eigenvalue weighted by Crippen LogP contribution is -2.37. The summed E-state index contributed by atoms with van der Waals surface area (Å²) in [5.74, 6) is -0.143. The van der Waals surface area contributed by atoms with Crippen LogP contribution in [0.3, 0.4) is 0 Å². The quantitative estimate of drug-likeness (QED) is 0.805. The smallest absolute Gasteiger partial charge is 0.303 e. The molecule has 2 atom stereocenters. The molecule has 116 valence electrons. The summed E-state index contributed by atoms with van der Waals surface area (Å²) >= 11 is 1.77. The molecule has 0 radical (unpaired) electrons. The molecule has 0 aliphatic carbocycles. The van der Waals surface area contributed by atoms with Gasteiger partial charge in [-0.3, -0.25) is 9.69 Å². The molecular weight excluding hydrogens is 282 g/mol. The van der Waals surface area contributed by atoms with Crippen molar-refractivity contribution in [3.8, 4) is 0 Å². The Balaban J connectivity index is 1.94. The molecule has 1 aromatic rings. The molecule has 1 aliphatic rings. The van der Waals surface area contributed by atoms with E-state index in [1.54, 1.807) is 11.8 Å². The maximum Gasteiger partial charge on any atom is 0.303 e. The van der Waals surface area contributed by atoms with Gasteiger partial charge in [-0.25, -0.2) is 0 Å². The molecule has 1 saturated heterocycles. The number of rotatable bonds is 6. The number of carboxylic acid groups (broad SMARTS) is 1. The fourth-order valence-electron chi connectivity index (χ4n) is 3.11. The summed E-state index contributed by atoms with van der Waals surface area (Å²) in [6.07, 6.45) is 5.55. The highest BCUT2D eigenvalue weighted by Gasteiger charge is 2.24. The van der Waals surface area contributed by atoms with E-state index >= 15 is 0 Å². The number of carboxylic acids is 1. The Morgan fingerprint density at radius 1 is 1.43 bits per heavy atom. The molecule has 0 spiro atoms. The molecule has 21 heavy (non-hydrogen) atoms. The van der Waals surface area contributed by atoms with Gasteiger partial charge in [0.15, 0.2) is 0 Å². The third kappa shape index (κ3) is 4.75. The predicted octanol–water partition coefficient (Wildman–Crippen LogP) is 4.05. The fraction of sp³-hybridized carbons (Fsp3) is 0.588. The lowest BCUT2D eigenvalue weighted by Gasteiger charge is -2.37. The Morgan fingerprint density at radius 2 is 2.14 bits per heavy atom. The maximum atomic E-state index is 10.7. The monoisotopic (exact) mass is 307 g/mol. The van der Waals surface area contributed by atoms with Crippen LogP contribution < -0.4 is 0 Å². The first-order chi connectivity index (χ1) is 10.1. The number of benzene rings is 1. The number of likely N-dealkylation sites (tertiary alicyclic amines) is 1. The van der Waals surface area contributed by atoms with E-state index in [4.69, 9.17) is 5.11 Å². The van der Waals surface area contributed by atoms with Gasteiger partial charge in [-0.2, -0.15) is 0 Å². The van der Waals surface area contributed by atoms with E-state index in [2.05, 4.69) is 42.3 Å². The molecule has 0 saturated carbocycles. The summed E-state index contributed by atoms with van der Waals surface area (Å²) < 4.78 is 0. The minimum atomic E-state index is -0.673. The number of nitrogens with zero attached hydrogens (tertiary/aromatic N) is 1. The largest absolute Gasteiger partial charge is 0.481 e. The van der Waals surface area contributed by atoms with Crippen molar-refractivity contribution in [1.82, 2.24) is 4.90 Å². The van der Waals surface area contributed by atoms with Crippen molar-refractivity contribution in [2.75, 3.05) is 19.3 Å². The summed E-state index contributed by atoms with van der Waals surface area (Å²) in [6, 6.07) is 9.22. The molecule has 0 bridgehead atoms. The summed E-state index contributed by atoms with van der Waals surface area (Å²) in [7, 11) is 0. The van der Waals surface area contributed by atoms with Crippen molar-refractivity contribution in [3.05, 3.63) is 29.8 Å². The minimum absolute atomic E-state index is 0.301. The van der Waals surface area contributed by atoms with Gasteiger partial charge < -0.3 is 5.11 Å². The minimum Gasteiger partial charge on any atom is -0.481 e. The van der Waals surface area contributed by atoms with Crippen molar-refractivity contribution in [3.63, 3.8) is 0 Å². The Kier molecular flexibility index (Phi) is 6.12. The highest BCUT2D eigenvalue weighted by atomic mass is 32.2. The molecule has 1 aromatic carbocycles. The van der Waals surface area contributed by atoms with Crippen molar-refractivity contribution < 1.29 is 9.90 Å². The van der Waals surface area contributed by atoms with Gasteiger partial charge in [-0.05, 0) is 62.6 Å². The lowest BCUT2D eigenvalue weighted by molar-refractivity contribution is -0.137. The van der Waals surface area contributed by atoms with Crippen molar-refractivity contribution in [2.24, 2.45) is 5.92 Å². The van der Waals surface area contributed by atoms with Crippen LogP contribution in [0.2, 0.25) is 0 Å². The zero-order valence-electron chi connectivity index (χ0n) is 12.9. The third-order valence-electron chi connectivity index (χ3n) is 4.46. The molecule has 1 fully saturated rings. The summed E-state index contributed by atoms with van der Waals surface area (Å²) in [5.41, 5.74) is 1.35. The predicted molar refractivity (Wildman–Crippen MR) is 87.8 cm³/mol. The second-order valence-corrected chi connectivity index (χ2v) is 6.76. The van der Waals surface area contributed by atoms with Crippen LogP contribution in [-0.2, 0) is 4.79 Å². The number of carbonyl (C=O) groups is 1. The van der Waals surface area contributed by atoms with Crippen LogP contribution in [0.15, 0.2) is 29.2 Å². The van der Waals surface area contributed by atoms with Gasteiger partial charge in [0.1, 0.15) is 0 Å². The van der Waals surface area contributed by atoms with Crippen molar-refractivity contribution in [2.45, 2.75) is 43.5 Å². The van der Waals surface area contributed by atoms with Gasteiger partial charge in [-0.15, -0.1) is 11.8 Å². The van der Waals surface area contributed by atoms with E-state index in [1.165, 1.54) is 23.3 Å². The lowest BCUT2D eigenvalue weighted by atomic mass is 9.91. The summed E-state index contributed by atoms with van der Waals surface area (Å²) in [4.78, 5) is 14.5. The van der Waals surface area contributed by atoms with E-state index in [-0.39, 0.29) is 0 Å². The van der Waals surface area contributed by atoms with Crippen molar-refractivity contribution >= 4 is 17.7 Å². The number of hydrogen-bond acceptors (Lipinski definition) is 3. The second kappa shape index (κ2) is 7.85. The van der Waals surface area contributed by atoms with Crippen LogP contribution in [-0.4, -0.2) is 35.3 Å². The normalized spacial score (nSPS) is 21.1. The molecule has 1 heterocycles. The van der Waals surface area contributed by atoms with Crippen LogP contribution in [0.4, 0.5) is 0 Å².